The molecule has 4 rings (SSSR count). The second-order valence-corrected chi connectivity index (χ2v) is 8.15. The molecule has 1 aliphatic heterocycles. The van der Waals surface area contributed by atoms with Gasteiger partial charge in [0.25, 0.3) is 0 Å². The highest BCUT2D eigenvalue weighted by atomic mass is 16.5. The van der Waals surface area contributed by atoms with E-state index in [-0.39, 0.29) is 36.7 Å². The Kier molecular flexibility index (Phi) is 7.58. The van der Waals surface area contributed by atoms with Crippen LogP contribution in [0.3, 0.4) is 0 Å². The normalized spacial score (nSPS) is 17.4. The molecule has 188 valence electrons. The summed E-state index contributed by atoms with van der Waals surface area (Å²) in [6.07, 6.45) is 1.78. The van der Waals surface area contributed by atoms with Gasteiger partial charge in [0.15, 0.2) is 5.76 Å². The summed E-state index contributed by atoms with van der Waals surface area (Å²) < 4.78 is 26.5. The van der Waals surface area contributed by atoms with Crippen LogP contribution < -0.4 is 14.4 Å². The molecule has 1 saturated heterocycles. The molecule has 1 amide bonds. The third kappa shape index (κ3) is 4.91. The van der Waals surface area contributed by atoms with Gasteiger partial charge >= 0.3 is 11.9 Å². The number of rotatable bonds is 8. The quantitative estimate of drug-likeness (QED) is 0.428. The third-order valence-electron chi connectivity index (χ3n) is 6.20. The summed E-state index contributed by atoms with van der Waals surface area (Å²) in [5.74, 6) is -0.556. The van der Waals surface area contributed by atoms with Crippen LogP contribution in [0.5, 0.6) is 11.5 Å². The van der Waals surface area contributed by atoms with E-state index in [1.807, 2.05) is 18.2 Å². The third-order valence-corrected chi connectivity index (χ3v) is 6.20. The average molecular weight is 494 g/mol. The first-order valence-electron chi connectivity index (χ1n) is 11.4. The van der Waals surface area contributed by atoms with Crippen molar-refractivity contribution in [3.05, 3.63) is 77.7 Å². The molecule has 9 nitrogen and oxygen atoms in total. The van der Waals surface area contributed by atoms with Gasteiger partial charge in [-0.05, 0) is 42.8 Å². The van der Waals surface area contributed by atoms with Gasteiger partial charge in [-0.25, -0.2) is 4.79 Å². The van der Waals surface area contributed by atoms with Crippen molar-refractivity contribution in [2.75, 3.05) is 26.2 Å². The molecule has 0 N–H and O–H groups in total. The van der Waals surface area contributed by atoms with Crippen LogP contribution in [-0.2, 0) is 25.7 Å². The molecule has 2 heterocycles. The van der Waals surface area contributed by atoms with Crippen molar-refractivity contribution in [1.29, 1.82) is 0 Å². The minimum absolute atomic E-state index is 0.126. The standard InChI is InChI=1S/C27H27NO8/c1-32-18-10-8-17(9-11-18)28-24(29)13-12-21(25(28)19-6-4-5-7-22(19)33-2)27(31)36-16-23-20(14-15-35-23)26(30)34-3/h4-11,14-15,21,25H,12-13,16H2,1-3H3/t21-,25+/m1/s1. The number of furan rings is 1. The van der Waals surface area contributed by atoms with E-state index in [2.05, 4.69) is 0 Å². The van der Waals surface area contributed by atoms with Crippen LogP contribution in [0.25, 0.3) is 0 Å². The molecule has 1 fully saturated rings. The highest BCUT2D eigenvalue weighted by molar-refractivity contribution is 5.97. The first-order valence-corrected chi connectivity index (χ1v) is 11.4. The molecular weight excluding hydrogens is 466 g/mol. The van der Waals surface area contributed by atoms with E-state index in [9.17, 15) is 14.4 Å². The maximum atomic E-state index is 13.4. The summed E-state index contributed by atoms with van der Waals surface area (Å²) in [5, 5.41) is 0. The first kappa shape index (κ1) is 24.8. The Morgan fingerprint density at radius 1 is 1.00 bits per heavy atom. The van der Waals surface area contributed by atoms with Crippen LogP contribution in [0.1, 0.15) is 40.6 Å². The predicted molar refractivity (Wildman–Crippen MR) is 129 cm³/mol. The van der Waals surface area contributed by atoms with Crippen LogP contribution in [-0.4, -0.2) is 39.2 Å². The summed E-state index contributed by atoms with van der Waals surface area (Å²) >= 11 is 0. The molecule has 36 heavy (non-hydrogen) atoms. The van der Waals surface area contributed by atoms with Gasteiger partial charge < -0.3 is 28.3 Å². The molecule has 0 unspecified atom stereocenters. The summed E-state index contributed by atoms with van der Waals surface area (Å²) in [6, 6.07) is 15.1. The van der Waals surface area contributed by atoms with Gasteiger partial charge in [-0.1, -0.05) is 18.2 Å². The molecule has 0 aliphatic carbocycles. The Morgan fingerprint density at radius 2 is 1.75 bits per heavy atom. The highest BCUT2D eigenvalue weighted by Crippen LogP contribution is 2.43. The van der Waals surface area contributed by atoms with Gasteiger partial charge in [0.1, 0.15) is 23.7 Å². The molecule has 0 spiro atoms. The Labute approximate surface area is 208 Å². The summed E-state index contributed by atoms with van der Waals surface area (Å²) in [7, 11) is 4.37. The van der Waals surface area contributed by atoms with Crippen LogP contribution >= 0.6 is 0 Å². The van der Waals surface area contributed by atoms with Crippen LogP contribution in [0.4, 0.5) is 5.69 Å². The van der Waals surface area contributed by atoms with Crippen molar-refractivity contribution in [1.82, 2.24) is 0 Å². The van der Waals surface area contributed by atoms with Crippen LogP contribution in [0.2, 0.25) is 0 Å². The van der Waals surface area contributed by atoms with Gasteiger partial charge in [0.05, 0.1) is 39.6 Å². The number of piperidine rings is 1. The van der Waals surface area contributed by atoms with Gasteiger partial charge in [0.2, 0.25) is 5.91 Å². The number of hydrogen-bond donors (Lipinski definition) is 0. The molecule has 1 aliphatic rings. The predicted octanol–water partition coefficient (Wildman–Crippen LogP) is 4.31. The number of hydrogen-bond acceptors (Lipinski definition) is 8. The van der Waals surface area contributed by atoms with Crippen LogP contribution in [0.15, 0.2) is 65.3 Å². The van der Waals surface area contributed by atoms with Gasteiger partial charge in [-0.2, -0.15) is 0 Å². The minimum Gasteiger partial charge on any atom is -0.497 e. The Hall–Kier alpha value is -4.27. The monoisotopic (exact) mass is 493 g/mol. The second kappa shape index (κ2) is 11.0. The zero-order chi connectivity index (χ0) is 25.7. The number of anilines is 1. The van der Waals surface area contributed by atoms with E-state index >= 15 is 0 Å². The Bertz CT molecular complexity index is 1230. The van der Waals surface area contributed by atoms with Crippen molar-refractivity contribution < 1.29 is 37.7 Å². The Balaban J connectivity index is 1.68. The Morgan fingerprint density at radius 3 is 2.44 bits per heavy atom. The smallest absolute Gasteiger partial charge is 0.341 e. The van der Waals surface area contributed by atoms with E-state index in [1.165, 1.54) is 19.4 Å². The van der Waals surface area contributed by atoms with E-state index in [0.29, 0.717) is 22.7 Å². The number of carbonyl (C=O) groups is 3. The van der Waals surface area contributed by atoms with E-state index in [1.54, 1.807) is 49.5 Å². The van der Waals surface area contributed by atoms with Crippen molar-refractivity contribution in [2.24, 2.45) is 5.92 Å². The summed E-state index contributed by atoms with van der Waals surface area (Å²) in [5.41, 5.74) is 1.48. The van der Waals surface area contributed by atoms with E-state index in [0.717, 1.165) is 0 Å². The van der Waals surface area contributed by atoms with Gasteiger partial charge in [0, 0.05) is 17.7 Å². The van der Waals surface area contributed by atoms with E-state index < -0.39 is 23.9 Å². The maximum Gasteiger partial charge on any atom is 0.341 e. The molecular formula is C27H27NO8. The number of carbonyl (C=O) groups excluding carboxylic acids is 3. The van der Waals surface area contributed by atoms with Crippen molar-refractivity contribution in [3.63, 3.8) is 0 Å². The summed E-state index contributed by atoms with van der Waals surface area (Å²) in [6.45, 7) is -0.248. The van der Waals surface area contributed by atoms with Crippen LogP contribution in [0, 0.1) is 5.92 Å². The minimum atomic E-state index is -0.697. The molecule has 0 radical (unpaired) electrons. The van der Waals surface area contributed by atoms with E-state index in [4.69, 9.17) is 23.4 Å². The zero-order valence-electron chi connectivity index (χ0n) is 20.3. The molecule has 0 saturated carbocycles. The molecule has 0 bridgehead atoms. The molecule has 9 heteroatoms. The fraction of sp³-hybridized carbons (Fsp3) is 0.296. The van der Waals surface area contributed by atoms with Crippen molar-refractivity contribution >= 4 is 23.5 Å². The number of ether oxygens (including phenoxy) is 4. The zero-order valence-corrected chi connectivity index (χ0v) is 20.3. The number of methoxy groups -OCH3 is 3. The topological polar surface area (TPSA) is 105 Å². The largest absolute Gasteiger partial charge is 0.497 e. The van der Waals surface area contributed by atoms with Crippen molar-refractivity contribution in [3.8, 4) is 11.5 Å². The lowest BCUT2D eigenvalue weighted by Gasteiger charge is -2.40. The molecule has 2 aromatic carbocycles. The maximum absolute atomic E-state index is 13.4. The fourth-order valence-corrected chi connectivity index (χ4v) is 4.44. The lowest BCUT2D eigenvalue weighted by Crippen LogP contribution is -2.46. The molecule has 3 aromatic rings. The number of benzene rings is 2. The average Bonchev–Trinajstić information content (AvgIpc) is 3.40. The number of amides is 1. The fourth-order valence-electron chi connectivity index (χ4n) is 4.44. The number of nitrogens with zero attached hydrogens (tertiary/aromatic N) is 1. The number of para-hydroxylation sites is 1. The summed E-state index contributed by atoms with van der Waals surface area (Å²) in [4.78, 5) is 40.2. The first-order chi connectivity index (χ1) is 17.5. The highest BCUT2D eigenvalue weighted by Gasteiger charge is 2.43. The van der Waals surface area contributed by atoms with Crippen molar-refractivity contribution in [2.45, 2.75) is 25.5 Å². The van der Waals surface area contributed by atoms with Gasteiger partial charge in [-0.15, -0.1) is 0 Å². The van der Waals surface area contributed by atoms with Gasteiger partial charge in [-0.3, -0.25) is 9.59 Å². The lowest BCUT2D eigenvalue weighted by atomic mass is 9.83. The second-order valence-electron chi connectivity index (χ2n) is 8.15. The number of esters is 2. The molecule has 1 aromatic heterocycles. The lowest BCUT2D eigenvalue weighted by molar-refractivity contribution is -0.152. The SMILES string of the molecule is COC(=O)c1ccoc1COC(=O)[C@@H]1CCC(=O)N(c2ccc(OC)cc2)[C@H]1c1ccccc1OC. The molecule has 2 atom stereocenters.